The summed E-state index contributed by atoms with van der Waals surface area (Å²) in [6, 6.07) is 8.84. The second-order valence-electron chi connectivity index (χ2n) is 5.14. The van der Waals surface area contributed by atoms with E-state index in [2.05, 4.69) is 0 Å². The van der Waals surface area contributed by atoms with Gasteiger partial charge in [-0.25, -0.2) is 4.79 Å². The number of hydrogen-bond donors (Lipinski definition) is 0. The summed E-state index contributed by atoms with van der Waals surface area (Å²) in [7, 11) is 0. The van der Waals surface area contributed by atoms with Crippen LogP contribution >= 0.6 is 0 Å². The first-order valence-electron chi connectivity index (χ1n) is 7.21. The largest absolute Gasteiger partial charge is 0.463 e. The van der Waals surface area contributed by atoms with E-state index in [1.165, 1.54) is 6.92 Å². The molecule has 0 aromatic heterocycles. The predicted octanol–water partition coefficient (Wildman–Crippen LogP) is 4.47. The van der Waals surface area contributed by atoms with Gasteiger partial charge in [0.15, 0.2) is 0 Å². The van der Waals surface area contributed by atoms with Gasteiger partial charge in [-0.2, -0.15) is 13.2 Å². The van der Waals surface area contributed by atoms with Crippen molar-refractivity contribution in [2.24, 2.45) is 0 Å². The quantitative estimate of drug-likeness (QED) is 0.607. The zero-order chi connectivity index (χ0) is 17.0. The second kappa shape index (κ2) is 6.89. The molecule has 0 saturated carbocycles. The van der Waals surface area contributed by atoms with E-state index in [0.29, 0.717) is 0 Å². The maximum absolute atomic E-state index is 13.2. The Morgan fingerprint density at radius 2 is 2.00 bits per heavy atom. The first-order valence-corrected chi connectivity index (χ1v) is 7.21. The van der Waals surface area contributed by atoms with Crippen molar-refractivity contribution in [3.8, 4) is 0 Å². The van der Waals surface area contributed by atoms with Crippen molar-refractivity contribution in [1.29, 1.82) is 0 Å². The summed E-state index contributed by atoms with van der Waals surface area (Å²) in [6.07, 6.45) is -3.46. The van der Waals surface area contributed by atoms with E-state index in [0.717, 1.165) is 11.6 Å². The van der Waals surface area contributed by atoms with Crippen LogP contribution in [-0.4, -0.2) is 18.8 Å². The first kappa shape index (κ1) is 17.1. The SMILES string of the molecule is CCOC(=O)/C=C1/C[C@H](c2ccccc2)C(C)=C(C(F)(F)F)O1. The first-order chi connectivity index (χ1) is 10.8. The topological polar surface area (TPSA) is 35.5 Å². The Hall–Kier alpha value is -2.24. The molecule has 1 atom stereocenters. The molecule has 0 saturated heterocycles. The summed E-state index contributed by atoms with van der Waals surface area (Å²) in [5, 5.41) is 0. The maximum atomic E-state index is 13.2. The molecule has 1 aromatic rings. The average Bonchev–Trinajstić information content (AvgIpc) is 2.49. The maximum Gasteiger partial charge on any atom is 0.449 e. The van der Waals surface area contributed by atoms with E-state index >= 15 is 0 Å². The van der Waals surface area contributed by atoms with E-state index in [9.17, 15) is 18.0 Å². The van der Waals surface area contributed by atoms with Crippen LogP contribution in [-0.2, 0) is 14.3 Å². The highest BCUT2D eigenvalue weighted by atomic mass is 19.4. The van der Waals surface area contributed by atoms with Gasteiger partial charge in [0.1, 0.15) is 5.76 Å². The zero-order valence-electron chi connectivity index (χ0n) is 12.8. The highest BCUT2D eigenvalue weighted by Gasteiger charge is 2.42. The lowest BCUT2D eigenvalue weighted by molar-refractivity contribution is -0.138. The monoisotopic (exact) mass is 326 g/mol. The predicted molar refractivity (Wildman–Crippen MR) is 78.4 cm³/mol. The van der Waals surface area contributed by atoms with Crippen LogP contribution in [0.5, 0.6) is 0 Å². The molecule has 0 unspecified atom stereocenters. The standard InChI is InChI=1S/C17H17F3O3/c1-3-22-15(21)10-13-9-14(12-7-5-4-6-8-12)11(2)16(23-13)17(18,19)20/h4-8,10,14H,3,9H2,1-2H3/b13-10-/t14-/m0/s1. The number of ether oxygens (including phenoxy) is 2. The smallest absolute Gasteiger partial charge is 0.449 e. The lowest BCUT2D eigenvalue weighted by Gasteiger charge is -2.29. The summed E-state index contributed by atoms with van der Waals surface area (Å²) in [5.74, 6) is -2.32. The third kappa shape index (κ3) is 4.15. The normalized spacial score (nSPS) is 20.4. The molecule has 1 aliphatic rings. The fourth-order valence-corrected chi connectivity index (χ4v) is 2.50. The van der Waals surface area contributed by atoms with Crippen molar-refractivity contribution in [2.75, 3.05) is 6.61 Å². The van der Waals surface area contributed by atoms with Gasteiger partial charge in [0.25, 0.3) is 0 Å². The van der Waals surface area contributed by atoms with Crippen molar-refractivity contribution < 1.29 is 27.4 Å². The van der Waals surface area contributed by atoms with Crippen LogP contribution in [0.4, 0.5) is 13.2 Å². The van der Waals surface area contributed by atoms with Crippen LogP contribution in [0.3, 0.4) is 0 Å². The fourth-order valence-electron chi connectivity index (χ4n) is 2.50. The number of halogens is 3. The molecule has 1 aromatic carbocycles. The Bertz CT molecular complexity index is 630. The molecular formula is C17H17F3O3. The lowest BCUT2D eigenvalue weighted by Crippen LogP contribution is -2.24. The van der Waals surface area contributed by atoms with Gasteiger partial charge in [0.2, 0.25) is 5.76 Å². The number of carbonyl (C=O) groups excluding carboxylic acids is 1. The van der Waals surface area contributed by atoms with E-state index in [4.69, 9.17) is 9.47 Å². The number of allylic oxidation sites excluding steroid dienone is 3. The van der Waals surface area contributed by atoms with Gasteiger partial charge in [0.05, 0.1) is 12.7 Å². The van der Waals surface area contributed by atoms with Gasteiger partial charge in [-0.3, -0.25) is 0 Å². The van der Waals surface area contributed by atoms with Gasteiger partial charge in [0, 0.05) is 12.3 Å². The minimum atomic E-state index is -4.62. The summed E-state index contributed by atoms with van der Waals surface area (Å²) in [5.41, 5.74) is 0.842. The van der Waals surface area contributed by atoms with E-state index < -0.39 is 23.8 Å². The molecule has 6 heteroatoms. The summed E-state index contributed by atoms with van der Waals surface area (Å²) >= 11 is 0. The highest BCUT2D eigenvalue weighted by molar-refractivity contribution is 5.82. The molecule has 0 spiro atoms. The molecule has 23 heavy (non-hydrogen) atoms. The molecule has 0 bridgehead atoms. The van der Waals surface area contributed by atoms with Gasteiger partial charge in [-0.1, -0.05) is 30.3 Å². The van der Waals surface area contributed by atoms with Crippen LogP contribution in [0.1, 0.15) is 31.7 Å². The van der Waals surface area contributed by atoms with E-state index in [1.54, 1.807) is 37.3 Å². The Morgan fingerprint density at radius 3 is 2.57 bits per heavy atom. The number of carbonyl (C=O) groups is 1. The van der Waals surface area contributed by atoms with Crippen molar-refractivity contribution in [1.82, 2.24) is 0 Å². The molecule has 0 radical (unpaired) electrons. The minimum absolute atomic E-state index is 0.0461. The lowest BCUT2D eigenvalue weighted by atomic mass is 9.86. The van der Waals surface area contributed by atoms with Gasteiger partial charge in [-0.15, -0.1) is 0 Å². The number of hydrogen-bond acceptors (Lipinski definition) is 3. The average molecular weight is 326 g/mol. The van der Waals surface area contributed by atoms with Crippen LogP contribution in [0.15, 0.2) is 53.5 Å². The number of benzene rings is 1. The van der Waals surface area contributed by atoms with Crippen LogP contribution < -0.4 is 0 Å². The highest BCUT2D eigenvalue weighted by Crippen LogP contribution is 2.43. The molecule has 3 nitrogen and oxygen atoms in total. The van der Waals surface area contributed by atoms with Gasteiger partial charge < -0.3 is 9.47 Å². The van der Waals surface area contributed by atoms with Crippen LogP contribution in [0.2, 0.25) is 0 Å². The molecule has 0 fully saturated rings. The third-order valence-corrected chi connectivity index (χ3v) is 3.54. The Labute approximate surface area is 132 Å². The summed E-state index contributed by atoms with van der Waals surface area (Å²) in [6.45, 7) is 3.17. The van der Waals surface area contributed by atoms with Gasteiger partial charge in [-0.05, 0) is 25.0 Å². The second-order valence-corrected chi connectivity index (χ2v) is 5.14. The van der Waals surface area contributed by atoms with Crippen LogP contribution in [0, 0.1) is 0 Å². The summed E-state index contributed by atoms with van der Waals surface area (Å²) < 4.78 is 49.3. The molecule has 1 heterocycles. The zero-order valence-corrected chi connectivity index (χ0v) is 12.8. The van der Waals surface area contributed by atoms with Crippen molar-refractivity contribution in [3.63, 3.8) is 0 Å². The van der Waals surface area contributed by atoms with Crippen molar-refractivity contribution >= 4 is 5.97 Å². The fraction of sp³-hybridized carbons (Fsp3) is 0.353. The number of alkyl halides is 3. The molecule has 0 aliphatic carbocycles. The molecular weight excluding hydrogens is 309 g/mol. The molecule has 0 N–H and O–H groups in total. The third-order valence-electron chi connectivity index (χ3n) is 3.54. The Kier molecular flexibility index (Phi) is 5.13. The Balaban J connectivity index is 2.42. The molecule has 2 rings (SSSR count). The Morgan fingerprint density at radius 1 is 1.35 bits per heavy atom. The van der Waals surface area contributed by atoms with Crippen molar-refractivity contribution in [2.45, 2.75) is 32.4 Å². The van der Waals surface area contributed by atoms with Gasteiger partial charge >= 0.3 is 12.1 Å². The molecule has 1 aliphatic heterocycles. The number of rotatable bonds is 3. The minimum Gasteiger partial charge on any atom is -0.463 e. The van der Waals surface area contributed by atoms with Crippen molar-refractivity contribution in [3.05, 3.63) is 59.1 Å². The molecule has 0 amide bonds. The molecule has 124 valence electrons. The number of esters is 1. The van der Waals surface area contributed by atoms with E-state index in [1.807, 2.05) is 0 Å². The summed E-state index contributed by atoms with van der Waals surface area (Å²) in [4.78, 5) is 11.5. The van der Waals surface area contributed by atoms with E-state index in [-0.39, 0.29) is 24.4 Å². The van der Waals surface area contributed by atoms with Crippen LogP contribution in [0.25, 0.3) is 0 Å².